The van der Waals surface area contributed by atoms with Gasteiger partial charge in [-0.2, -0.15) is 0 Å². The number of nitrogens with one attached hydrogen (secondary N) is 1. The summed E-state index contributed by atoms with van der Waals surface area (Å²) in [4.78, 5) is 0. The highest BCUT2D eigenvalue weighted by Crippen LogP contribution is 2.39. The van der Waals surface area contributed by atoms with Crippen molar-refractivity contribution in [2.24, 2.45) is 0 Å². The van der Waals surface area contributed by atoms with E-state index in [4.69, 9.17) is 25.8 Å². The number of fused-ring (bicyclic) bond motifs is 1. The summed E-state index contributed by atoms with van der Waals surface area (Å²) >= 11 is 6.11. The van der Waals surface area contributed by atoms with E-state index in [2.05, 4.69) is 5.32 Å². The van der Waals surface area contributed by atoms with Crippen LogP contribution in [0.2, 0.25) is 5.02 Å². The van der Waals surface area contributed by atoms with Crippen molar-refractivity contribution in [3.8, 4) is 11.5 Å². The van der Waals surface area contributed by atoms with Crippen LogP contribution >= 0.6 is 11.6 Å². The fraction of sp³-hybridized carbons (Fsp3) is 0.538. The summed E-state index contributed by atoms with van der Waals surface area (Å²) < 4.78 is 15.8. The summed E-state index contributed by atoms with van der Waals surface area (Å²) in [7, 11) is 0. The number of aliphatic hydroxyl groups is 1. The second-order valence-electron chi connectivity index (χ2n) is 4.94. The lowest BCUT2D eigenvalue weighted by Crippen LogP contribution is -2.40. The molecule has 0 bridgehead atoms. The van der Waals surface area contributed by atoms with Crippen molar-refractivity contribution in [1.29, 1.82) is 0 Å². The molecule has 2 aliphatic rings. The lowest BCUT2D eigenvalue weighted by atomic mass is 10.0. The van der Waals surface area contributed by atoms with Crippen LogP contribution in [0.3, 0.4) is 0 Å². The summed E-state index contributed by atoms with van der Waals surface area (Å²) in [6.45, 7) is 2.33. The van der Waals surface area contributed by atoms with Gasteiger partial charge < -0.3 is 24.6 Å². The first-order valence-corrected chi connectivity index (χ1v) is 6.63. The molecule has 0 radical (unpaired) electrons. The van der Waals surface area contributed by atoms with Crippen LogP contribution < -0.4 is 14.8 Å². The number of benzene rings is 1. The standard InChI is InChI=1S/C13H16ClNO4/c14-10-3-9(4-11-12(10)19-8-18-11)5-15-6-13(16)1-2-17-7-13/h3-4,15-16H,1-2,5-8H2. The Morgan fingerprint density at radius 2 is 2.26 bits per heavy atom. The molecule has 6 heteroatoms. The average molecular weight is 286 g/mol. The maximum Gasteiger partial charge on any atom is 0.231 e. The highest BCUT2D eigenvalue weighted by molar-refractivity contribution is 6.32. The quantitative estimate of drug-likeness (QED) is 0.873. The topological polar surface area (TPSA) is 60.0 Å². The Kier molecular flexibility index (Phi) is 3.54. The Labute approximate surface area is 116 Å². The minimum Gasteiger partial charge on any atom is -0.454 e. The maximum atomic E-state index is 10.1. The zero-order valence-corrected chi connectivity index (χ0v) is 11.2. The van der Waals surface area contributed by atoms with Gasteiger partial charge in [0.2, 0.25) is 6.79 Å². The molecule has 1 aromatic rings. The Bertz CT molecular complexity index is 474. The lowest BCUT2D eigenvalue weighted by Gasteiger charge is -2.20. The summed E-state index contributed by atoms with van der Waals surface area (Å²) in [5.41, 5.74) is 0.247. The predicted octanol–water partition coefficient (Wildman–Crippen LogP) is 1.31. The molecule has 1 aromatic carbocycles. The zero-order valence-electron chi connectivity index (χ0n) is 10.4. The summed E-state index contributed by atoms with van der Waals surface area (Å²) in [6.07, 6.45) is 0.669. The van der Waals surface area contributed by atoms with E-state index in [1.165, 1.54) is 0 Å². The molecular weight excluding hydrogens is 270 g/mol. The van der Waals surface area contributed by atoms with Crippen LogP contribution in [0.15, 0.2) is 12.1 Å². The van der Waals surface area contributed by atoms with Gasteiger partial charge in [-0.15, -0.1) is 0 Å². The number of ether oxygens (including phenoxy) is 3. The molecule has 2 aliphatic heterocycles. The van der Waals surface area contributed by atoms with E-state index in [0.29, 0.717) is 49.2 Å². The van der Waals surface area contributed by atoms with E-state index in [1.807, 2.05) is 12.1 Å². The van der Waals surface area contributed by atoms with Crippen molar-refractivity contribution in [2.45, 2.75) is 18.6 Å². The van der Waals surface area contributed by atoms with E-state index in [-0.39, 0.29) is 6.79 Å². The Morgan fingerprint density at radius 1 is 1.37 bits per heavy atom. The first-order chi connectivity index (χ1) is 9.16. The number of rotatable bonds is 4. The van der Waals surface area contributed by atoms with Gasteiger partial charge in [-0.25, -0.2) is 0 Å². The second-order valence-corrected chi connectivity index (χ2v) is 5.35. The minimum absolute atomic E-state index is 0.211. The fourth-order valence-corrected chi connectivity index (χ4v) is 2.59. The third kappa shape index (κ3) is 2.79. The van der Waals surface area contributed by atoms with E-state index in [1.54, 1.807) is 0 Å². The van der Waals surface area contributed by atoms with E-state index in [0.717, 1.165) is 5.56 Å². The molecule has 0 spiro atoms. The van der Waals surface area contributed by atoms with E-state index in [9.17, 15) is 5.11 Å². The molecule has 1 fully saturated rings. The molecule has 104 valence electrons. The van der Waals surface area contributed by atoms with Gasteiger partial charge in [0.15, 0.2) is 11.5 Å². The van der Waals surface area contributed by atoms with Crippen molar-refractivity contribution < 1.29 is 19.3 Å². The van der Waals surface area contributed by atoms with Crippen LogP contribution in [0.25, 0.3) is 0 Å². The largest absolute Gasteiger partial charge is 0.454 e. The van der Waals surface area contributed by atoms with Crippen molar-refractivity contribution in [3.05, 3.63) is 22.7 Å². The zero-order chi connectivity index (χ0) is 13.3. The van der Waals surface area contributed by atoms with Gasteiger partial charge in [-0.3, -0.25) is 0 Å². The van der Waals surface area contributed by atoms with Crippen LogP contribution in [0.1, 0.15) is 12.0 Å². The molecule has 19 heavy (non-hydrogen) atoms. The molecule has 3 rings (SSSR count). The molecule has 1 atom stereocenters. The van der Waals surface area contributed by atoms with Gasteiger partial charge in [0.05, 0.1) is 11.6 Å². The SMILES string of the molecule is OC1(CNCc2cc(Cl)c3c(c2)OCO3)CCOC1. The van der Waals surface area contributed by atoms with E-state index < -0.39 is 5.60 Å². The monoisotopic (exact) mass is 285 g/mol. The van der Waals surface area contributed by atoms with Gasteiger partial charge in [0.1, 0.15) is 5.60 Å². The Hall–Kier alpha value is -1.01. The van der Waals surface area contributed by atoms with Crippen molar-refractivity contribution in [2.75, 3.05) is 26.6 Å². The van der Waals surface area contributed by atoms with Crippen LogP contribution in [-0.4, -0.2) is 37.3 Å². The fourth-order valence-electron chi connectivity index (χ4n) is 2.30. The van der Waals surface area contributed by atoms with Gasteiger partial charge >= 0.3 is 0 Å². The smallest absolute Gasteiger partial charge is 0.231 e. The van der Waals surface area contributed by atoms with Crippen LogP contribution in [0, 0.1) is 0 Å². The lowest BCUT2D eigenvalue weighted by molar-refractivity contribution is 0.0268. The molecule has 5 nitrogen and oxygen atoms in total. The first-order valence-electron chi connectivity index (χ1n) is 6.25. The molecule has 2 N–H and O–H groups in total. The third-order valence-electron chi connectivity index (χ3n) is 3.35. The molecule has 1 saturated heterocycles. The maximum absolute atomic E-state index is 10.1. The van der Waals surface area contributed by atoms with Gasteiger partial charge in [0.25, 0.3) is 0 Å². The third-order valence-corrected chi connectivity index (χ3v) is 3.63. The molecule has 0 aromatic heterocycles. The van der Waals surface area contributed by atoms with Crippen molar-refractivity contribution in [1.82, 2.24) is 5.32 Å². The van der Waals surface area contributed by atoms with Gasteiger partial charge in [-0.05, 0) is 17.7 Å². The van der Waals surface area contributed by atoms with Crippen molar-refractivity contribution in [3.63, 3.8) is 0 Å². The molecule has 0 amide bonds. The Morgan fingerprint density at radius 3 is 3.05 bits per heavy atom. The number of hydrogen-bond donors (Lipinski definition) is 2. The van der Waals surface area contributed by atoms with Gasteiger partial charge in [-0.1, -0.05) is 11.6 Å². The second kappa shape index (κ2) is 5.17. The predicted molar refractivity (Wildman–Crippen MR) is 69.7 cm³/mol. The summed E-state index contributed by atoms with van der Waals surface area (Å²) in [6, 6.07) is 3.74. The normalized spacial score (nSPS) is 24.9. The minimum atomic E-state index is -0.750. The summed E-state index contributed by atoms with van der Waals surface area (Å²) in [5.74, 6) is 1.28. The van der Waals surface area contributed by atoms with Crippen LogP contribution in [0.4, 0.5) is 0 Å². The Balaban J connectivity index is 1.60. The highest BCUT2D eigenvalue weighted by Gasteiger charge is 2.31. The average Bonchev–Trinajstić information content (AvgIpc) is 2.98. The van der Waals surface area contributed by atoms with E-state index >= 15 is 0 Å². The van der Waals surface area contributed by atoms with Gasteiger partial charge in [0, 0.05) is 26.1 Å². The molecular formula is C13H16ClNO4. The molecule has 0 aliphatic carbocycles. The van der Waals surface area contributed by atoms with Crippen LogP contribution in [-0.2, 0) is 11.3 Å². The molecule has 0 saturated carbocycles. The molecule has 1 unspecified atom stereocenters. The first kappa shape index (κ1) is 13.0. The summed E-state index contributed by atoms with van der Waals surface area (Å²) in [5, 5.41) is 13.9. The highest BCUT2D eigenvalue weighted by atomic mass is 35.5. The van der Waals surface area contributed by atoms with Crippen LogP contribution in [0.5, 0.6) is 11.5 Å². The number of hydrogen-bond acceptors (Lipinski definition) is 5. The number of halogens is 1. The van der Waals surface area contributed by atoms with Crippen molar-refractivity contribution >= 4 is 11.6 Å². The molecule has 2 heterocycles.